The summed E-state index contributed by atoms with van der Waals surface area (Å²) in [5.41, 5.74) is 7.29. The summed E-state index contributed by atoms with van der Waals surface area (Å²) in [4.78, 5) is 15.1. The Kier molecular flexibility index (Phi) is 8.72. The van der Waals surface area contributed by atoms with E-state index >= 15 is 0 Å². The van der Waals surface area contributed by atoms with Crippen LogP contribution < -0.4 is 5.73 Å². The number of amides is 1. The van der Waals surface area contributed by atoms with E-state index in [0.29, 0.717) is 25.7 Å². The van der Waals surface area contributed by atoms with Crippen molar-refractivity contribution in [1.29, 1.82) is 0 Å². The Bertz CT molecular complexity index is 628. The van der Waals surface area contributed by atoms with Gasteiger partial charge in [0.05, 0.1) is 24.8 Å². The molecule has 2 aliphatic rings. The standard InChI is InChI=1S/C23H40N4O3/c1-16(2)17-6-8-18(9-7-17)30-15-22-19(21-10-12-25-26-21)5-4-13-27(22)23(28)20(24)11-14-29-3/h10,12,16-20,22H,4-9,11,13-15,24H2,1-3H3,(H,25,26)/t17?,18?,19-,20?,22+/m1/s1. The van der Waals surface area contributed by atoms with E-state index in [4.69, 9.17) is 15.2 Å². The Labute approximate surface area is 181 Å². The molecular formula is C23H40N4O3. The number of hydrogen-bond acceptors (Lipinski definition) is 5. The molecule has 3 rings (SSSR count). The van der Waals surface area contributed by atoms with Gasteiger partial charge in [-0.2, -0.15) is 5.10 Å². The molecule has 2 fully saturated rings. The lowest BCUT2D eigenvalue weighted by molar-refractivity contribution is -0.140. The molecule has 7 nitrogen and oxygen atoms in total. The number of nitrogens with zero attached hydrogens (tertiary/aromatic N) is 2. The van der Waals surface area contributed by atoms with Crippen molar-refractivity contribution in [3.63, 3.8) is 0 Å². The minimum absolute atomic E-state index is 0.00776. The Morgan fingerprint density at radius 2 is 2.07 bits per heavy atom. The molecule has 0 aromatic carbocycles. The third-order valence-electron chi connectivity index (χ3n) is 7.10. The maximum Gasteiger partial charge on any atom is 0.239 e. The quantitative estimate of drug-likeness (QED) is 0.640. The smallest absolute Gasteiger partial charge is 0.239 e. The van der Waals surface area contributed by atoms with E-state index in [1.165, 1.54) is 12.8 Å². The Balaban J connectivity index is 1.66. The van der Waals surface area contributed by atoms with Gasteiger partial charge in [0.2, 0.25) is 5.91 Å². The molecule has 0 spiro atoms. The zero-order valence-electron chi connectivity index (χ0n) is 18.9. The second-order valence-electron chi connectivity index (χ2n) is 9.36. The predicted molar refractivity (Wildman–Crippen MR) is 117 cm³/mol. The molecule has 1 aromatic rings. The van der Waals surface area contributed by atoms with Crippen molar-refractivity contribution in [1.82, 2.24) is 15.1 Å². The van der Waals surface area contributed by atoms with Crippen LogP contribution in [0, 0.1) is 11.8 Å². The summed E-state index contributed by atoms with van der Waals surface area (Å²) >= 11 is 0. The Morgan fingerprint density at radius 3 is 2.70 bits per heavy atom. The third kappa shape index (κ3) is 5.83. The number of aromatic nitrogens is 2. The van der Waals surface area contributed by atoms with E-state index in [1.54, 1.807) is 13.3 Å². The number of hydrogen-bond donors (Lipinski definition) is 2. The van der Waals surface area contributed by atoms with Crippen molar-refractivity contribution >= 4 is 5.91 Å². The molecular weight excluding hydrogens is 380 g/mol. The predicted octanol–water partition coefficient (Wildman–Crippen LogP) is 3.08. The number of nitrogens with one attached hydrogen (secondary N) is 1. The average Bonchev–Trinajstić information content (AvgIpc) is 3.30. The number of piperidine rings is 1. The normalized spacial score (nSPS) is 28.6. The van der Waals surface area contributed by atoms with Crippen molar-refractivity contribution in [2.45, 2.75) is 82.9 Å². The van der Waals surface area contributed by atoms with Crippen LogP contribution in [-0.2, 0) is 14.3 Å². The molecule has 3 N–H and O–H groups in total. The summed E-state index contributed by atoms with van der Waals surface area (Å²) in [6, 6.07) is 1.47. The van der Waals surface area contributed by atoms with Gasteiger partial charge in [-0.1, -0.05) is 13.8 Å². The van der Waals surface area contributed by atoms with E-state index in [9.17, 15) is 4.79 Å². The molecule has 3 atom stereocenters. The monoisotopic (exact) mass is 420 g/mol. The van der Waals surface area contributed by atoms with E-state index in [2.05, 4.69) is 24.0 Å². The highest BCUT2D eigenvalue weighted by atomic mass is 16.5. The van der Waals surface area contributed by atoms with E-state index in [1.807, 2.05) is 11.0 Å². The zero-order valence-corrected chi connectivity index (χ0v) is 18.9. The van der Waals surface area contributed by atoms with Gasteiger partial charge >= 0.3 is 0 Å². The number of methoxy groups -OCH3 is 1. The van der Waals surface area contributed by atoms with Gasteiger partial charge < -0.3 is 20.1 Å². The van der Waals surface area contributed by atoms with Crippen LogP contribution in [-0.4, -0.2) is 66.1 Å². The highest BCUT2D eigenvalue weighted by Gasteiger charge is 2.38. The first-order valence-electron chi connectivity index (χ1n) is 11.7. The summed E-state index contributed by atoms with van der Waals surface area (Å²) in [6.07, 6.45) is 9.30. The number of ether oxygens (including phenoxy) is 2. The van der Waals surface area contributed by atoms with Crippen molar-refractivity contribution in [2.24, 2.45) is 17.6 Å². The molecule has 1 aromatic heterocycles. The van der Waals surface area contributed by atoms with Crippen LogP contribution in [0.4, 0.5) is 0 Å². The van der Waals surface area contributed by atoms with Gasteiger partial charge in [-0.25, -0.2) is 0 Å². The van der Waals surface area contributed by atoms with Gasteiger partial charge in [0, 0.05) is 38.1 Å². The average molecular weight is 421 g/mol. The van der Waals surface area contributed by atoms with Crippen molar-refractivity contribution in [3.05, 3.63) is 18.0 Å². The maximum absolute atomic E-state index is 13.2. The largest absolute Gasteiger partial charge is 0.385 e. The van der Waals surface area contributed by atoms with Crippen molar-refractivity contribution in [2.75, 3.05) is 26.9 Å². The Morgan fingerprint density at radius 1 is 1.30 bits per heavy atom. The molecule has 30 heavy (non-hydrogen) atoms. The van der Waals surface area contributed by atoms with Gasteiger partial charge in [-0.15, -0.1) is 0 Å². The van der Waals surface area contributed by atoms with Gasteiger partial charge in [-0.05, 0) is 62.8 Å². The third-order valence-corrected chi connectivity index (χ3v) is 7.10. The summed E-state index contributed by atoms with van der Waals surface area (Å²) in [6.45, 7) is 6.42. The number of rotatable bonds is 9. The van der Waals surface area contributed by atoms with Gasteiger partial charge in [-0.3, -0.25) is 9.89 Å². The lowest BCUT2D eigenvalue weighted by Gasteiger charge is -2.42. The number of nitrogens with two attached hydrogens (primary N) is 1. The summed E-state index contributed by atoms with van der Waals surface area (Å²) < 4.78 is 11.5. The summed E-state index contributed by atoms with van der Waals surface area (Å²) in [7, 11) is 1.64. The molecule has 0 bridgehead atoms. The van der Waals surface area contributed by atoms with Crippen molar-refractivity contribution < 1.29 is 14.3 Å². The minimum Gasteiger partial charge on any atom is -0.385 e. The molecule has 1 aliphatic heterocycles. The lowest BCUT2D eigenvalue weighted by atomic mass is 9.80. The summed E-state index contributed by atoms with van der Waals surface area (Å²) in [5, 5.41) is 7.26. The molecule has 7 heteroatoms. The van der Waals surface area contributed by atoms with Gasteiger partial charge in [0.25, 0.3) is 0 Å². The van der Waals surface area contributed by atoms with Crippen LogP contribution in [0.3, 0.4) is 0 Å². The highest BCUT2D eigenvalue weighted by Crippen LogP contribution is 2.35. The number of likely N-dealkylation sites (tertiary alicyclic amines) is 1. The van der Waals surface area contributed by atoms with Crippen molar-refractivity contribution in [3.8, 4) is 0 Å². The maximum atomic E-state index is 13.2. The highest BCUT2D eigenvalue weighted by molar-refractivity contribution is 5.82. The SMILES string of the molecule is COCCC(N)C(=O)N1CCC[C@H](c2ccn[nH]2)[C@@H]1COC1CCC(C(C)C)CC1. The van der Waals surface area contributed by atoms with Gasteiger partial charge in [0.1, 0.15) is 0 Å². The van der Waals surface area contributed by atoms with Crippen LogP contribution in [0.25, 0.3) is 0 Å². The molecule has 1 saturated heterocycles. The van der Waals surface area contributed by atoms with Crippen LogP contribution in [0.2, 0.25) is 0 Å². The van der Waals surface area contributed by atoms with Crippen LogP contribution in [0.5, 0.6) is 0 Å². The lowest BCUT2D eigenvalue weighted by Crippen LogP contribution is -2.55. The number of carbonyl (C=O) groups excluding carboxylic acids is 1. The molecule has 1 unspecified atom stereocenters. The fourth-order valence-electron chi connectivity index (χ4n) is 5.11. The molecule has 1 saturated carbocycles. The first kappa shape index (κ1) is 23.2. The topological polar surface area (TPSA) is 93.5 Å². The minimum atomic E-state index is -0.533. The Hall–Kier alpha value is -1.44. The van der Waals surface area contributed by atoms with Crippen LogP contribution in [0.15, 0.2) is 12.3 Å². The first-order valence-corrected chi connectivity index (χ1v) is 11.7. The summed E-state index contributed by atoms with van der Waals surface area (Å²) in [5.74, 6) is 1.77. The molecule has 2 heterocycles. The number of H-pyrrole nitrogens is 1. The number of carbonyl (C=O) groups is 1. The number of aromatic amines is 1. The zero-order chi connectivity index (χ0) is 21.5. The second-order valence-corrected chi connectivity index (χ2v) is 9.36. The van der Waals surface area contributed by atoms with E-state index < -0.39 is 6.04 Å². The fourth-order valence-corrected chi connectivity index (χ4v) is 5.11. The van der Waals surface area contributed by atoms with E-state index in [0.717, 1.165) is 49.8 Å². The van der Waals surface area contributed by atoms with Crippen LogP contribution >= 0.6 is 0 Å². The first-order chi connectivity index (χ1) is 14.5. The second kappa shape index (κ2) is 11.3. The van der Waals surface area contributed by atoms with E-state index in [-0.39, 0.29) is 17.9 Å². The molecule has 170 valence electrons. The fraction of sp³-hybridized carbons (Fsp3) is 0.826. The van der Waals surface area contributed by atoms with Gasteiger partial charge in [0.15, 0.2) is 0 Å². The molecule has 1 amide bonds. The van der Waals surface area contributed by atoms with Crippen LogP contribution in [0.1, 0.15) is 70.4 Å². The molecule has 1 aliphatic carbocycles. The molecule has 0 radical (unpaired) electrons.